The summed E-state index contributed by atoms with van der Waals surface area (Å²) in [7, 11) is 1.68. The summed E-state index contributed by atoms with van der Waals surface area (Å²) >= 11 is 0. The Morgan fingerprint density at radius 1 is 1.12 bits per heavy atom. The van der Waals surface area contributed by atoms with Crippen molar-refractivity contribution < 1.29 is 14.5 Å². The molecule has 2 bridgehead atoms. The van der Waals surface area contributed by atoms with Gasteiger partial charge in [0, 0.05) is 12.7 Å². The molecule has 0 aromatic heterocycles. The largest absolute Gasteiger partial charge is 0.378 e. The maximum absolute atomic E-state index is 5.63. The second-order valence-corrected chi connectivity index (χ2v) is 4.82. The van der Waals surface area contributed by atoms with Gasteiger partial charge >= 0.3 is 0 Å². The lowest BCUT2D eigenvalue weighted by atomic mass is 9.74. The second kappa shape index (κ2) is 3.42. The molecule has 0 radical (unpaired) electrons. The maximum Gasteiger partial charge on any atom is 0.173 e. The molecule has 1 aromatic rings. The van der Waals surface area contributed by atoms with E-state index in [1.54, 1.807) is 7.11 Å². The molecule has 0 fully saturated rings. The highest BCUT2D eigenvalue weighted by molar-refractivity contribution is 5.47. The number of fused-ring (bicyclic) bond motifs is 1. The molecule has 0 spiro atoms. The summed E-state index contributed by atoms with van der Waals surface area (Å²) in [6.45, 7) is 3.99. The van der Waals surface area contributed by atoms with E-state index in [-0.39, 0.29) is 6.10 Å². The molecule has 4 rings (SSSR count). The first kappa shape index (κ1) is 11.0. The van der Waals surface area contributed by atoms with E-state index in [4.69, 9.17) is 14.5 Å². The number of hydrogen-bond acceptors (Lipinski definition) is 3. The van der Waals surface area contributed by atoms with Gasteiger partial charge in [-0.25, -0.2) is 9.78 Å². The van der Waals surface area contributed by atoms with Crippen LogP contribution in [0.4, 0.5) is 0 Å². The Hall–Kier alpha value is -1.16. The molecule has 3 heteroatoms. The van der Waals surface area contributed by atoms with Gasteiger partial charge < -0.3 is 4.74 Å². The molecular formula is C14H16O3. The van der Waals surface area contributed by atoms with Gasteiger partial charge in [0.15, 0.2) is 5.60 Å². The lowest BCUT2D eigenvalue weighted by Gasteiger charge is -2.48. The summed E-state index contributed by atoms with van der Waals surface area (Å²) in [6.07, 6.45) is 3.99. The third kappa shape index (κ3) is 1.27. The van der Waals surface area contributed by atoms with Crippen molar-refractivity contribution in [3.63, 3.8) is 0 Å². The van der Waals surface area contributed by atoms with Crippen molar-refractivity contribution in [1.29, 1.82) is 0 Å². The molecule has 0 unspecified atom stereocenters. The Bertz CT molecular complexity index is 482. The fourth-order valence-electron chi connectivity index (χ4n) is 2.62. The fraction of sp³-hybridized carbons (Fsp3) is 0.429. The zero-order valence-electron chi connectivity index (χ0n) is 10.3. The van der Waals surface area contributed by atoms with E-state index in [0.717, 1.165) is 11.1 Å². The van der Waals surface area contributed by atoms with E-state index in [2.05, 4.69) is 12.1 Å². The topological polar surface area (TPSA) is 27.7 Å². The summed E-state index contributed by atoms with van der Waals surface area (Å²) in [5.41, 5.74) is 1.18. The van der Waals surface area contributed by atoms with Crippen LogP contribution in [-0.2, 0) is 25.7 Å². The van der Waals surface area contributed by atoms with Crippen molar-refractivity contribution in [3.05, 3.63) is 47.5 Å². The minimum Gasteiger partial charge on any atom is -0.378 e. The van der Waals surface area contributed by atoms with E-state index in [9.17, 15) is 0 Å². The van der Waals surface area contributed by atoms with Gasteiger partial charge in [-0.05, 0) is 31.6 Å². The average molecular weight is 232 g/mol. The van der Waals surface area contributed by atoms with Gasteiger partial charge in [0.25, 0.3) is 0 Å². The molecule has 0 N–H and O–H groups in total. The van der Waals surface area contributed by atoms with Crippen LogP contribution in [0.25, 0.3) is 0 Å². The normalized spacial score (nSPS) is 35.7. The summed E-state index contributed by atoms with van der Waals surface area (Å²) in [5, 5.41) is 0. The molecule has 2 aliphatic heterocycles. The Labute approximate surface area is 101 Å². The third-order valence-corrected chi connectivity index (χ3v) is 3.84. The predicted molar refractivity (Wildman–Crippen MR) is 63.3 cm³/mol. The van der Waals surface area contributed by atoms with Crippen molar-refractivity contribution in [2.24, 2.45) is 0 Å². The average Bonchev–Trinajstić information content (AvgIpc) is 2.39. The van der Waals surface area contributed by atoms with Gasteiger partial charge in [-0.3, -0.25) is 0 Å². The lowest BCUT2D eigenvalue weighted by Crippen LogP contribution is -2.51. The van der Waals surface area contributed by atoms with Crippen molar-refractivity contribution in [2.45, 2.75) is 31.2 Å². The molecule has 3 nitrogen and oxygen atoms in total. The van der Waals surface area contributed by atoms with Crippen LogP contribution in [0.5, 0.6) is 0 Å². The second-order valence-electron chi connectivity index (χ2n) is 4.82. The smallest absolute Gasteiger partial charge is 0.173 e. The van der Waals surface area contributed by atoms with Crippen LogP contribution < -0.4 is 0 Å². The Kier molecular flexibility index (Phi) is 2.20. The Morgan fingerprint density at radius 2 is 1.82 bits per heavy atom. The van der Waals surface area contributed by atoms with Crippen LogP contribution in [-0.4, -0.2) is 13.2 Å². The van der Waals surface area contributed by atoms with Crippen molar-refractivity contribution in [2.75, 3.05) is 7.11 Å². The molecule has 2 heterocycles. The van der Waals surface area contributed by atoms with Gasteiger partial charge in [-0.15, -0.1) is 0 Å². The van der Waals surface area contributed by atoms with Crippen molar-refractivity contribution >= 4 is 0 Å². The van der Waals surface area contributed by atoms with Crippen LogP contribution in [0.3, 0.4) is 0 Å². The van der Waals surface area contributed by atoms with Gasteiger partial charge in [-0.1, -0.05) is 24.3 Å². The first-order chi connectivity index (χ1) is 8.12. The van der Waals surface area contributed by atoms with E-state index >= 15 is 0 Å². The maximum atomic E-state index is 5.63. The molecule has 0 saturated carbocycles. The number of benzene rings is 1. The number of methoxy groups -OCH3 is 1. The first-order valence-electron chi connectivity index (χ1n) is 5.82. The van der Waals surface area contributed by atoms with E-state index in [0.29, 0.717) is 0 Å². The first-order valence-corrected chi connectivity index (χ1v) is 5.82. The SMILES string of the molecule is CO[C@H](C)[C@]12C=C[C@](C)(OO1)c1ccccc12. The highest BCUT2D eigenvalue weighted by Crippen LogP contribution is 2.50. The summed E-state index contributed by atoms with van der Waals surface area (Å²) < 4.78 is 5.44. The Balaban J connectivity index is 2.23. The lowest BCUT2D eigenvalue weighted by molar-refractivity contribution is -0.431. The highest BCUT2D eigenvalue weighted by Gasteiger charge is 2.52. The van der Waals surface area contributed by atoms with Gasteiger partial charge in [0.05, 0.1) is 6.10 Å². The molecule has 3 atom stereocenters. The molecular weight excluding hydrogens is 216 g/mol. The number of rotatable bonds is 2. The Morgan fingerprint density at radius 3 is 2.41 bits per heavy atom. The monoisotopic (exact) mass is 232 g/mol. The number of hydrogen-bond donors (Lipinski definition) is 0. The zero-order valence-corrected chi connectivity index (χ0v) is 10.3. The fourth-order valence-corrected chi connectivity index (χ4v) is 2.62. The third-order valence-electron chi connectivity index (χ3n) is 3.84. The molecule has 17 heavy (non-hydrogen) atoms. The molecule has 1 aliphatic carbocycles. The quantitative estimate of drug-likeness (QED) is 0.579. The highest BCUT2D eigenvalue weighted by atomic mass is 17.2. The van der Waals surface area contributed by atoms with Crippen LogP contribution >= 0.6 is 0 Å². The van der Waals surface area contributed by atoms with Crippen LogP contribution in [0.2, 0.25) is 0 Å². The number of ether oxygens (including phenoxy) is 1. The molecule has 0 amide bonds. The molecule has 1 aromatic carbocycles. The van der Waals surface area contributed by atoms with Crippen LogP contribution in [0.15, 0.2) is 36.4 Å². The van der Waals surface area contributed by atoms with Crippen molar-refractivity contribution in [1.82, 2.24) is 0 Å². The van der Waals surface area contributed by atoms with Crippen molar-refractivity contribution in [3.8, 4) is 0 Å². The minimum absolute atomic E-state index is 0.107. The van der Waals surface area contributed by atoms with E-state index in [1.807, 2.05) is 38.1 Å². The van der Waals surface area contributed by atoms with Crippen LogP contribution in [0, 0.1) is 0 Å². The van der Waals surface area contributed by atoms with Crippen LogP contribution in [0.1, 0.15) is 25.0 Å². The summed E-state index contributed by atoms with van der Waals surface area (Å²) in [4.78, 5) is 11.2. The standard InChI is InChI=1S/C14H16O3/c1-10(15-3)14-9-8-13(2,16-17-14)11-6-4-5-7-12(11)14/h4-10H,1-3H3/t10-,13+,14+/m1/s1. The summed E-state index contributed by atoms with van der Waals surface area (Å²) in [6, 6.07) is 8.20. The predicted octanol–water partition coefficient (Wildman–Crippen LogP) is 2.66. The molecule has 90 valence electrons. The van der Waals surface area contributed by atoms with E-state index < -0.39 is 11.2 Å². The molecule has 3 aliphatic rings. The van der Waals surface area contributed by atoms with E-state index in [1.165, 1.54) is 0 Å². The van der Waals surface area contributed by atoms with Gasteiger partial charge in [0.1, 0.15) is 5.60 Å². The van der Waals surface area contributed by atoms with Gasteiger partial charge in [-0.2, -0.15) is 0 Å². The summed E-state index contributed by atoms with van der Waals surface area (Å²) in [5.74, 6) is 0. The minimum atomic E-state index is -0.622. The molecule has 0 saturated heterocycles. The zero-order chi connectivity index (χ0) is 12.1. The van der Waals surface area contributed by atoms with Gasteiger partial charge in [0.2, 0.25) is 0 Å².